The fourth-order valence-corrected chi connectivity index (χ4v) is 1.59. The molecule has 6 heteroatoms. The molecule has 0 atom stereocenters. The number of hydrogen-bond acceptors (Lipinski definition) is 3. The van der Waals surface area contributed by atoms with E-state index in [1.165, 1.54) is 0 Å². The summed E-state index contributed by atoms with van der Waals surface area (Å²) < 4.78 is 5.84. The largest absolute Gasteiger partial charge is 0.444 e. The standard InChI is InChI=1S/C14H17BrN2O3/c1-14(2,3)20-13(19)16-7-5-4-6-10-8-11(15)9-17-12(10)18/h8-9H,5,7H2,1-3H3,(H,16,19)(H,17,18). The normalized spacial score (nSPS) is 10.4. The van der Waals surface area contributed by atoms with E-state index in [0.29, 0.717) is 18.5 Å². The van der Waals surface area contributed by atoms with E-state index in [-0.39, 0.29) is 5.56 Å². The van der Waals surface area contributed by atoms with Gasteiger partial charge in [-0.1, -0.05) is 11.8 Å². The first kappa shape index (κ1) is 16.3. The molecular formula is C14H17BrN2O3. The summed E-state index contributed by atoms with van der Waals surface area (Å²) in [6.45, 7) is 5.76. The Balaban J connectivity index is 2.42. The SMILES string of the molecule is CC(C)(C)OC(=O)NCCC#Cc1cc(Br)c[nH]c1=O. The van der Waals surface area contributed by atoms with E-state index >= 15 is 0 Å². The Kier molecular flexibility index (Phi) is 5.83. The van der Waals surface area contributed by atoms with Gasteiger partial charge in [-0.05, 0) is 42.8 Å². The number of alkyl carbamates (subject to hydrolysis) is 1. The van der Waals surface area contributed by atoms with E-state index in [0.717, 1.165) is 4.47 Å². The summed E-state index contributed by atoms with van der Waals surface area (Å²) in [5, 5.41) is 2.59. The number of H-pyrrole nitrogens is 1. The summed E-state index contributed by atoms with van der Waals surface area (Å²) in [5.41, 5.74) is -0.364. The van der Waals surface area contributed by atoms with Gasteiger partial charge in [-0.25, -0.2) is 4.79 Å². The van der Waals surface area contributed by atoms with Crippen molar-refractivity contribution in [2.75, 3.05) is 6.54 Å². The molecule has 2 N–H and O–H groups in total. The van der Waals surface area contributed by atoms with E-state index in [2.05, 4.69) is 38.1 Å². The van der Waals surface area contributed by atoms with Crippen molar-refractivity contribution in [1.29, 1.82) is 0 Å². The van der Waals surface area contributed by atoms with Crippen molar-refractivity contribution < 1.29 is 9.53 Å². The zero-order valence-electron chi connectivity index (χ0n) is 11.7. The molecule has 108 valence electrons. The topological polar surface area (TPSA) is 71.2 Å². The van der Waals surface area contributed by atoms with Crippen LogP contribution in [0.15, 0.2) is 21.5 Å². The number of ether oxygens (including phenoxy) is 1. The highest BCUT2D eigenvalue weighted by Gasteiger charge is 2.15. The van der Waals surface area contributed by atoms with Crippen LogP contribution in [0.5, 0.6) is 0 Å². The van der Waals surface area contributed by atoms with E-state index in [4.69, 9.17) is 4.74 Å². The molecule has 1 amide bonds. The van der Waals surface area contributed by atoms with E-state index < -0.39 is 11.7 Å². The number of halogens is 1. The molecule has 0 aromatic carbocycles. The van der Waals surface area contributed by atoms with Gasteiger partial charge in [-0.2, -0.15) is 0 Å². The number of carbonyl (C=O) groups excluding carboxylic acids is 1. The molecule has 1 aromatic heterocycles. The average Bonchev–Trinajstić information content (AvgIpc) is 2.30. The van der Waals surface area contributed by atoms with Crippen LogP contribution >= 0.6 is 15.9 Å². The smallest absolute Gasteiger partial charge is 0.407 e. The summed E-state index contributed by atoms with van der Waals surface area (Å²) >= 11 is 3.25. The lowest BCUT2D eigenvalue weighted by molar-refractivity contribution is 0.0529. The maximum Gasteiger partial charge on any atom is 0.407 e. The van der Waals surface area contributed by atoms with Crippen LogP contribution in [-0.4, -0.2) is 23.2 Å². The molecule has 0 aliphatic rings. The number of aromatic amines is 1. The minimum atomic E-state index is -0.515. The van der Waals surface area contributed by atoms with Gasteiger partial charge < -0.3 is 15.0 Å². The lowest BCUT2D eigenvalue weighted by atomic mass is 10.2. The second-order valence-corrected chi connectivity index (χ2v) is 5.96. The van der Waals surface area contributed by atoms with Gasteiger partial charge in [0.05, 0.1) is 5.56 Å². The number of carbonyl (C=O) groups is 1. The molecule has 1 rings (SSSR count). The molecule has 1 heterocycles. The Morgan fingerprint density at radius 1 is 1.50 bits per heavy atom. The maximum absolute atomic E-state index is 11.4. The minimum Gasteiger partial charge on any atom is -0.444 e. The lowest BCUT2D eigenvalue weighted by Gasteiger charge is -2.19. The van der Waals surface area contributed by atoms with Crippen molar-refractivity contribution in [1.82, 2.24) is 10.3 Å². The Hall–Kier alpha value is -1.74. The number of aromatic nitrogens is 1. The van der Waals surface area contributed by atoms with Crippen molar-refractivity contribution >= 4 is 22.0 Å². The van der Waals surface area contributed by atoms with Crippen LogP contribution in [0.25, 0.3) is 0 Å². The Morgan fingerprint density at radius 2 is 2.20 bits per heavy atom. The predicted molar refractivity (Wildman–Crippen MR) is 80.5 cm³/mol. The third-order valence-corrected chi connectivity index (χ3v) is 2.47. The number of hydrogen-bond donors (Lipinski definition) is 2. The van der Waals surface area contributed by atoms with Crippen LogP contribution in [0.1, 0.15) is 32.8 Å². The van der Waals surface area contributed by atoms with Crippen LogP contribution in [-0.2, 0) is 4.74 Å². The average molecular weight is 341 g/mol. The summed E-state index contributed by atoms with van der Waals surface area (Å²) in [5.74, 6) is 5.59. The Bertz CT molecular complexity index is 591. The van der Waals surface area contributed by atoms with Crippen molar-refractivity contribution in [3.63, 3.8) is 0 Å². The first-order chi connectivity index (χ1) is 9.28. The minimum absolute atomic E-state index is 0.235. The van der Waals surface area contributed by atoms with Crippen molar-refractivity contribution in [2.24, 2.45) is 0 Å². The molecule has 0 radical (unpaired) electrons. The third-order valence-electron chi connectivity index (χ3n) is 2.01. The number of pyridine rings is 1. The van der Waals surface area contributed by atoms with Gasteiger partial charge in [0.25, 0.3) is 5.56 Å². The van der Waals surface area contributed by atoms with Crippen LogP contribution in [0.3, 0.4) is 0 Å². The first-order valence-corrected chi connectivity index (χ1v) is 6.91. The molecule has 0 bridgehead atoms. The van der Waals surface area contributed by atoms with Crippen LogP contribution < -0.4 is 10.9 Å². The molecule has 0 aliphatic carbocycles. The molecule has 0 aliphatic heterocycles. The predicted octanol–water partition coefficient (Wildman–Crippen LogP) is 2.40. The second-order valence-electron chi connectivity index (χ2n) is 5.04. The highest BCUT2D eigenvalue weighted by atomic mass is 79.9. The van der Waals surface area contributed by atoms with Crippen molar-refractivity contribution in [3.8, 4) is 11.8 Å². The summed E-state index contributed by atoms with van der Waals surface area (Å²) in [4.78, 5) is 25.3. The van der Waals surface area contributed by atoms with Crippen LogP contribution in [0.2, 0.25) is 0 Å². The van der Waals surface area contributed by atoms with Gasteiger partial charge in [-0.15, -0.1) is 0 Å². The van der Waals surface area contributed by atoms with Gasteiger partial charge in [0, 0.05) is 23.6 Å². The van der Waals surface area contributed by atoms with Gasteiger partial charge in [-0.3, -0.25) is 4.79 Å². The van der Waals surface area contributed by atoms with Crippen molar-refractivity contribution in [3.05, 3.63) is 32.7 Å². The summed E-state index contributed by atoms with van der Waals surface area (Å²) in [6, 6.07) is 1.65. The fourth-order valence-electron chi connectivity index (χ4n) is 1.25. The number of rotatable bonds is 2. The molecule has 5 nitrogen and oxygen atoms in total. The quantitative estimate of drug-likeness (QED) is 0.641. The lowest BCUT2D eigenvalue weighted by Crippen LogP contribution is -2.32. The molecule has 0 saturated heterocycles. The zero-order valence-corrected chi connectivity index (χ0v) is 13.3. The summed E-state index contributed by atoms with van der Waals surface area (Å²) in [7, 11) is 0. The van der Waals surface area contributed by atoms with Crippen LogP contribution in [0, 0.1) is 11.8 Å². The number of nitrogens with one attached hydrogen (secondary N) is 2. The van der Waals surface area contributed by atoms with Gasteiger partial charge in [0.1, 0.15) is 5.60 Å². The molecule has 0 spiro atoms. The Labute approximate surface area is 126 Å². The van der Waals surface area contributed by atoms with Gasteiger partial charge >= 0.3 is 6.09 Å². The van der Waals surface area contributed by atoms with E-state index in [1.54, 1.807) is 33.0 Å². The molecule has 0 unspecified atom stereocenters. The van der Waals surface area contributed by atoms with Crippen molar-refractivity contribution in [2.45, 2.75) is 32.8 Å². The second kappa shape index (κ2) is 7.15. The third kappa shape index (κ3) is 6.43. The fraction of sp³-hybridized carbons (Fsp3) is 0.429. The summed E-state index contributed by atoms with van der Waals surface area (Å²) in [6.07, 6.45) is 1.52. The molecule has 20 heavy (non-hydrogen) atoms. The first-order valence-electron chi connectivity index (χ1n) is 6.12. The van der Waals surface area contributed by atoms with Crippen LogP contribution in [0.4, 0.5) is 4.79 Å². The molecule has 0 fully saturated rings. The zero-order chi connectivity index (χ0) is 15.2. The van der Waals surface area contributed by atoms with Gasteiger partial charge in [0.15, 0.2) is 0 Å². The van der Waals surface area contributed by atoms with E-state index in [9.17, 15) is 9.59 Å². The maximum atomic E-state index is 11.4. The monoisotopic (exact) mass is 340 g/mol. The van der Waals surface area contributed by atoms with E-state index in [1.807, 2.05) is 0 Å². The Morgan fingerprint density at radius 3 is 2.85 bits per heavy atom. The van der Waals surface area contributed by atoms with Gasteiger partial charge in [0.2, 0.25) is 0 Å². The molecule has 1 aromatic rings. The highest BCUT2D eigenvalue weighted by Crippen LogP contribution is 2.06. The molecular weight excluding hydrogens is 324 g/mol. The molecule has 0 saturated carbocycles. The highest BCUT2D eigenvalue weighted by molar-refractivity contribution is 9.10. The number of amides is 1.